The van der Waals surface area contributed by atoms with Gasteiger partial charge in [-0.1, -0.05) is 12.1 Å². The first kappa shape index (κ1) is 18.3. The first-order valence-corrected chi connectivity index (χ1v) is 7.68. The predicted octanol–water partition coefficient (Wildman–Crippen LogP) is 2.60. The molecule has 2 rings (SSSR count). The molecule has 7 heteroatoms. The van der Waals surface area contributed by atoms with Crippen molar-refractivity contribution in [2.24, 2.45) is 0 Å². The van der Waals surface area contributed by atoms with E-state index >= 15 is 0 Å². The van der Waals surface area contributed by atoms with Gasteiger partial charge in [-0.2, -0.15) is 0 Å². The van der Waals surface area contributed by atoms with Crippen LogP contribution in [0.1, 0.15) is 17.3 Å². The topological polar surface area (TPSA) is 76.7 Å². The summed E-state index contributed by atoms with van der Waals surface area (Å²) >= 11 is 0. The van der Waals surface area contributed by atoms with Crippen molar-refractivity contribution < 1.29 is 23.5 Å². The van der Waals surface area contributed by atoms with E-state index in [1.807, 2.05) is 6.92 Å². The summed E-state index contributed by atoms with van der Waals surface area (Å²) in [6.45, 7) is 2.06. The van der Waals surface area contributed by atoms with Gasteiger partial charge in [-0.25, -0.2) is 4.39 Å². The molecule has 0 bridgehead atoms. The van der Waals surface area contributed by atoms with Crippen molar-refractivity contribution in [3.05, 3.63) is 53.8 Å². The fraction of sp³-hybridized carbons (Fsp3) is 0.222. The lowest BCUT2D eigenvalue weighted by Gasteiger charge is -2.12. The first-order valence-electron chi connectivity index (χ1n) is 7.68. The van der Waals surface area contributed by atoms with Crippen molar-refractivity contribution in [1.29, 1.82) is 0 Å². The Kier molecular flexibility index (Phi) is 6.33. The lowest BCUT2D eigenvalue weighted by molar-refractivity contribution is -0.115. The number of carbonyl (C=O) groups excluding carboxylic acids is 2. The van der Waals surface area contributed by atoms with Crippen LogP contribution in [0.5, 0.6) is 11.5 Å². The van der Waals surface area contributed by atoms with Gasteiger partial charge in [0.15, 0.2) is 11.5 Å². The van der Waals surface area contributed by atoms with Crippen LogP contribution in [0.3, 0.4) is 0 Å². The molecular formula is C18H19FN2O4. The molecule has 0 saturated carbocycles. The molecule has 0 atom stereocenters. The van der Waals surface area contributed by atoms with Crippen LogP contribution in [0.2, 0.25) is 0 Å². The summed E-state index contributed by atoms with van der Waals surface area (Å²) < 4.78 is 24.1. The lowest BCUT2D eigenvalue weighted by Crippen LogP contribution is -2.33. The molecule has 132 valence electrons. The highest BCUT2D eigenvalue weighted by atomic mass is 19.1. The Hall–Kier alpha value is -3.09. The van der Waals surface area contributed by atoms with Gasteiger partial charge in [0.25, 0.3) is 5.91 Å². The maximum Gasteiger partial charge on any atom is 0.254 e. The van der Waals surface area contributed by atoms with Crippen molar-refractivity contribution in [3.63, 3.8) is 0 Å². The minimum Gasteiger partial charge on any atom is -0.493 e. The molecule has 0 fully saturated rings. The second kappa shape index (κ2) is 8.68. The molecule has 6 nitrogen and oxygen atoms in total. The largest absolute Gasteiger partial charge is 0.493 e. The normalized spacial score (nSPS) is 10.0. The smallest absolute Gasteiger partial charge is 0.254 e. The van der Waals surface area contributed by atoms with E-state index in [2.05, 4.69) is 10.6 Å². The van der Waals surface area contributed by atoms with Crippen LogP contribution in [0, 0.1) is 5.82 Å². The number of rotatable bonds is 7. The molecule has 0 saturated heterocycles. The standard InChI is InChI=1S/C18H19FN2O4/c1-3-25-15-9-8-12(10-16(15)24-2)21-17(22)11-20-18(23)13-6-4-5-7-14(13)19/h4-10H,3,11H2,1-2H3,(H,20,23)(H,21,22). The third-order valence-electron chi connectivity index (χ3n) is 3.28. The monoisotopic (exact) mass is 346 g/mol. The number of methoxy groups -OCH3 is 1. The van der Waals surface area contributed by atoms with Crippen LogP contribution in [-0.4, -0.2) is 32.1 Å². The van der Waals surface area contributed by atoms with Gasteiger partial charge in [-0.05, 0) is 31.2 Å². The van der Waals surface area contributed by atoms with E-state index in [1.165, 1.54) is 25.3 Å². The molecule has 0 aromatic heterocycles. The van der Waals surface area contributed by atoms with Gasteiger partial charge >= 0.3 is 0 Å². The molecule has 0 unspecified atom stereocenters. The molecule has 2 aromatic carbocycles. The van der Waals surface area contributed by atoms with E-state index in [-0.39, 0.29) is 12.1 Å². The molecule has 0 spiro atoms. The molecule has 2 aromatic rings. The summed E-state index contributed by atoms with van der Waals surface area (Å²) in [6.07, 6.45) is 0. The number of carbonyl (C=O) groups is 2. The summed E-state index contributed by atoms with van der Waals surface area (Å²) in [7, 11) is 1.50. The van der Waals surface area contributed by atoms with Gasteiger partial charge in [-0.15, -0.1) is 0 Å². The van der Waals surface area contributed by atoms with Gasteiger partial charge in [0.05, 0.1) is 25.8 Å². The van der Waals surface area contributed by atoms with Gasteiger partial charge in [-0.3, -0.25) is 9.59 Å². The second-order valence-electron chi connectivity index (χ2n) is 5.01. The summed E-state index contributed by atoms with van der Waals surface area (Å²) in [6, 6.07) is 10.5. The van der Waals surface area contributed by atoms with Gasteiger partial charge in [0.1, 0.15) is 5.82 Å². The zero-order chi connectivity index (χ0) is 18.2. The van der Waals surface area contributed by atoms with E-state index < -0.39 is 17.6 Å². The van der Waals surface area contributed by atoms with Crippen LogP contribution < -0.4 is 20.1 Å². The highest BCUT2D eigenvalue weighted by molar-refractivity contribution is 5.99. The van der Waals surface area contributed by atoms with Crippen molar-refractivity contribution in [3.8, 4) is 11.5 Å². The third kappa shape index (κ3) is 4.94. The number of ether oxygens (including phenoxy) is 2. The number of benzene rings is 2. The van der Waals surface area contributed by atoms with Crippen molar-refractivity contribution in [2.75, 3.05) is 25.6 Å². The summed E-state index contributed by atoms with van der Waals surface area (Å²) in [5.41, 5.74) is 0.378. The zero-order valence-electron chi connectivity index (χ0n) is 14.0. The Balaban J connectivity index is 1.94. The van der Waals surface area contributed by atoms with Crippen molar-refractivity contribution in [2.45, 2.75) is 6.92 Å². The summed E-state index contributed by atoms with van der Waals surface area (Å²) in [5, 5.41) is 5.00. The maximum absolute atomic E-state index is 13.5. The SMILES string of the molecule is CCOc1ccc(NC(=O)CNC(=O)c2ccccc2F)cc1OC. The molecule has 2 amide bonds. The minimum atomic E-state index is -0.655. The Labute approximate surface area is 144 Å². The molecule has 2 N–H and O–H groups in total. The fourth-order valence-corrected chi connectivity index (χ4v) is 2.13. The molecule has 0 aliphatic heterocycles. The van der Waals surface area contributed by atoms with E-state index in [0.717, 1.165) is 0 Å². The van der Waals surface area contributed by atoms with Gasteiger partial charge in [0.2, 0.25) is 5.91 Å². The average Bonchev–Trinajstić information content (AvgIpc) is 2.61. The molecule has 0 radical (unpaired) electrons. The summed E-state index contributed by atoms with van der Waals surface area (Å²) in [5.74, 6) is -0.698. The molecule has 0 aliphatic carbocycles. The Bertz CT molecular complexity index is 764. The molecule has 0 heterocycles. The van der Waals surface area contributed by atoms with Crippen LogP contribution in [0.15, 0.2) is 42.5 Å². The number of anilines is 1. The molecule has 25 heavy (non-hydrogen) atoms. The average molecular weight is 346 g/mol. The zero-order valence-corrected chi connectivity index (χ0v) is 14.0. The van der Waals surface area contributed by atoms with Gasteiger partial charge in [0, 0.05) is 11.8 Å². The Morgan fingerprint density at radius 2 is 1.88 bits per heavy atom. The second-order valence-corrected chi connectivity index (χ2v) is 5.01. The highest BCUT2D eigenvalue weighted by Crippen LogP contribution is 2.30. The van der Waals surface area contributed by atoms with E-state index in [9.17, 15) is 14.0 Å². The van der Waals surface area contributed by atoms with Crippen molar-refractivity contribution >= 4 is 17.5 Å². The number of nitrogens with one attached hydrogen (secondary N) is 2. The van der Waals surface area contributed by atoms with E-state index in [0.29, 0.717) is 23.8 Å². The number of hydrogen-bond donors (Lipinski definition) is 2. The van der Waals surface area contributed by atoms with E-state index in [4.69, 9.17) is 9.47 Å². The fourth-order valence-electron chi connectivity index (χ4n) is 2.13. The maximum atomic E-state index is 13.5. The quantitative estimate of drug-likeness (QED) is 0.808. The Morgan fingerprint density at radius 1 is 1.12 bits per heavy atom. The van der Waals surface area contributed by atoms with Crippen LogP contribution in [0.4, 0.5) is 10.1 Å². The minimum absolute atomic E-state index is 0.113. The highest BCUT2D eigenvalue weighted by Gasteiger charge is 2.13. The van der Waals surface area contributed by atoms with Crippen LogP contribution in [0.25, 0.3) is 0 Å². The number of hydrogen-bond acceptors (Lipinski definition) is 4. The van der Waals surface area contributed by atoms with Crippen LogP contribution in [-0.2, 0) is 4.79 Å². The predicted molar refractivity (Wildman–Crippen MR) is 91.5 cm³/mol. The molecular weight excluding hydrogens is 327 g/mol. The number of halogens is 1. The lowest BCUT2D eigenvalue weighted by atomic mass is 10.2. The number of amides is 2. The summed E-state index contributed by atoms with van der Waals surface area (Å²) in [4.78, 5) is 23.8. The third-order valence-corrected chi connectivity index (χ3v) is 3.28. The first-order chi connectivity index (χ1) is 12.0. The van der Waals surface area contributed by atoms with E-state index in [1.54, 1.807) is 24.3 Å². The Morgan fingerprint density at radius 3 is 2.56 bits per heavy atom. The van der Waals surface area contributed by atoms with Crippen LogP contribution >= 0.6 is 0 Å². The van der Waals surface area contributed by atoms with Gasteiger partial charge < -0.3 is 20.1 Å². The van der Waals surface area contributed by atoms with Crippen molar-refractivity contribution in [1.82, 2.24) is 5.32 Å². The molecule has 0 aliphatic rings.